The summed E-state index contributed by atoms with van der Waals surface area (Å²) >= 11 is 0. The van der Waals surface area contributed by atoms with Gasteiger partial charge in [0.05, 0.1) is 17.2 Å². The Balaban J connectivity index is 2.32. The molecule has 1 saturated carbocycles. The van der Waals surface area contributed by atoms with Gasteiger partial charge in [0.2, 0.25) is 0 Å². The Kier molecular flexibility index (Phi) is 2.28. The third-order valence-electron chi connectivity index (χ3n) is 2.78. The third-order valence-corrected chi connectivity index (χ3v) is 4.36. The van der Waals surface area contributed by atoms with Gasteiger partial charge in [0, 0.05) is 12.2 Å². The number of nitrogens with zero attached hydrogens (tertiary/aromatic N) is 1. The second-order valence-electron chi connectivity index (χ2n) is 3.89. The molecule has 1 aliphatic carbocycles. The first-order valence-electron chi connectivity index (χ1n) is 4.69. The fourth-order valence-electron chi connectivity index (χ4n) is 2.04. The highest BCUT2D eigenvalue weighted by Gasteiger charge is 2.57. The molecule has 0 saturated heterocycles. The summed E-state index contributed by atoms with van der Waals surface area (Å²) in [5.41, 5.74) is 0.944. The summed E-state index contributed by atoms with van der Waals surface area (Å²) in [5, 5.41) is 8.35. The van der Waals surface area contributed by atoms with Gasteiger partial charge in [-0.05, 0) is 5.56 Å². The van der Waals surface area contributed by atoms with E-state index in [1.807, 2.05) is 30.3 Å². The van der Waals surface area contributed by atoms with Crippen LogP contribution in [-0.4, -0.2) is 19.9 Å². The van der Waals surface area contributed by atoms with E-state index in [2.05, 4.69) is 6.07 Å². The molecule has 0 radical (unpaired) electrons. The van der Waals surface area contributed by atoms with E-state index in [4.69, 9.17) is 5.26 Å². The maximum atomic E-state index is 11.4. The van der Waals surface area contributed by atoms with Gasteiger partial charge < -0.3 is 0 Å². The topological polar surface area (TPSA) is 57.9 Å². The van der Waals surface area contributed by atoms with Gasteiger partial charge in [-0.1, -0.05) is 30.3 Å². The first kappa shape index (κ1) is 10.2. The number of sulfone groups is 1. The summed E-state index contributed by atoms with van der Waals surface area (Å²) in [5.74, 6) is -0.506. The molecule has 0 spiro atoms. The minimum Gasteiger partial charge on any atom is -0.229 e. The van der Waals surface area contributed by atoms with E-state index in [9.17, 15) is 8.42 Å². The van der Waals surface area contributed by atoms with Crippen LogP contribution in [0, 0.1) is 17.2 Å². The van der Waals surface area contributed by atoms with Crippen LogP contribution in [-0.2, 0) is 9.84 Å². The molecule has 0 amide bonds. The smallest absolute Gasteiger partial charge is 0.152 e. The Morgan fingerprint density at radius 3 is 2.27 bits per heavy atom. The number of rotatable bonds is 2. The van der Waals surface area contributed by atoms with Crippen LogP contribution in [0.2, 0.25) is 0 Å². The van der Waals surface area contributed by atoms with Crippen molar-refractivity contribution in [2.45, 2.75) is 11.2 Å². The van der Waals surface area contributed by atoms with E-state index >= 15 is 0 Å². The van der Waals surface area contributed by atoms with Crippen molar-refractivity contribution in [2.75, 3.05) is 6.26 Å². The molecule has 4 heteroatoms. The summed E-state index contributed by atoms with van der Waals surface area (Å²) in [4.78, 5) is 0. The molecule has 0 bridgehead atoms. The molecule has 0 heterocycles. The van der Waals surface area contributed by atoms with Crippen LogP contribution in [0.25, 0.3) is 0 Å². The third kappa shape index (κ3) is 1.75. The van der Waals surface area contributed by atoms with Crippen LogP contribution in [0.3, 0.4) is 0 Å². The van der Waals surface area contributed by atoms with Crippen LogP contribution in [0.4, 0.5) is 0 Å². The summed E-state index contributed by atoms with van der Waals surface area (Å²) in [6.07, 6.45) is 1.20. The molecular formula is C11H11NO2S. The lowest BCUT2D eigenvalue weighted by atomic mass is 10.1. The van der Waals surface area contributed by atoms with Crippen LogP contribution in [0.5, 0.6) is 0 Å². The predicted octanol–water partition coefficient (Wildman–Crippen LogP) is 1.34. The molecule has 0 aromatic heterocycles. The summed E-state index contributed by atoms with van der Waals surface area (Å²) in [7, 11) is -3.11. The van der Waals surface area contributed by atoms with Crippen molar-refractivity contribution in [1.29, 1.82) is 5.26 Å². The lowest BCUT2D eigenvalue weighted by Gasteiger charge is -1.97. The number of benzene rings is 1. The van der Waals surface area contributed by atoms with E-state index in [1.165, 1.54) is 6.26 Å². The average molecular weight is 221 g/mol. The van der Waals surface area contributed by atoms with Gasteiger partial charge in [-0.25, -0.2) is 8.42 Å². The van der Waals surface area contributed by atoms with Gasteiger partial charge in [0.25, 0.3) is 0 Å². The molecule has 1 fully saturated rings. The van der Waals surface area contributed by atoms with Gasteiger partial charge >= 0.3 is 0 Å². The lowest BCUT2D eigenvalue weighted by molar-refractivity contribution is 0.599. The summed E-state index contributed by atoms with van der Waals surface area (Å²) in [6.45, 7) is 0. The van der Waals surface area contributed by atoms with Crippen LogP contribution < -0.4 is 0 Å². The quantitative estimate of drug-likeness (QED) is 0.757. The second-order valence-corrected chi connectivity index (χ2v) is 6.09. The fraction of sp³-hybridized carbons (Fsp3) is 0.364. The highest BCUT2D eigenvalue weighted by Crippen LogP contribution is 2.51. The highest BCUT2D eigenvalue weighted by molar-refractivity contribution is 7.91. The molecule has 0 aliphatic heterocycles. The normalized spacial score (nSPS) is 29.5. The van der Waals surface area contributed by atoms with Gasteiger partial charge in [0.15, 0.2) is 9.84 Å². The molecule has 3 atom stereocenters. The lowest BCUT2D eigenvalue weighted by Crippen LogP contribution is -2.06. The first-order valence-corrected chi connectivity index (χ1v) is 6.64. The second kappa shape index (κ2) is 3.35. The molecule has 1 aromatic rings. The van der Waals surface area contributed by atoms with Gasteiger partial charge in [-0.3, -0.25) is 0 Å². The Hall–Kier alpha value is -1.34. The number of nitriles is 1. The van der Waals surface area contributed by atoms with Crippen molar-refractivity contribution < 1.29 is 8.42 Å². The zero-order valence-corrected chi connectivity index (χ0v) is 9.11. The van der Waals surface area contributed by atoms with E-state index in [1.54, 1.807) is 0 Å². The zero-order chi connectivity index (χ0) is 11.1. The highest BCUT2D eigenvalue weighted by atomic mass is 32.2. The Bertz CT molecular complexity index is 501. The van der Waals surface area contributed by atoms with Gasteiger partial charge in [-0.2, -0.15) is 5.26 Å². The number of hydrogen-bond acceptors (Lipinski definition) is 3. The Morgan fingerprint density at radius 2 is 1.87 bits per heavy atom. The minimum absolute atomic E-state index is 0.133. The van der Waals surface area contributed by atoms with Crippen molar-refractivity contribution in [1.82, 2.24) is 0 Å². The Labute approximate surface area is 89.3 Å². The molecule has 78 valence electrons. The van der Waals surface area contributed by atoms with E-state index in [-0.39, 0.29) is 11.8 Å². The van der Waals surface area contributed by atoms with Gasteiger partial charge in [0.1, 0.15) is 0 Å². The Morgan fingerprint density at radius 1 is 1.27 bits per heavy atom. The van der Waals surface area contributed by atoms with Crippen molar-refractivity contribution in [3.63, 3.8) is 0 Å². The van der Waals surface area contributed by atoms with Crippen LogP contribution >= 0.6 is 0 Å². The minimum atomic E-state index is -3.11. The number of hydrogen-bond donors (Lipinski definition) is 0. The van der Waals surface area contributed by atoms with E-state index in [0.29, 0.717) is 0 Å². The molecule has 1 aliphatic rings. The largest absolute Gasteiger partial charge is 0.229 e. The van der Waals surface area contributed by atoms with Crippen LogP contribution in [0.15, 0.2) is 30.3 Å². The molecular weight excluding hydrogens is 210 g/mol. The van der Waals surface area contributed by atoms with E-state index < -0.39 is 15.1 Å². The van der Waals surface area contributed by atoms with Crippen molar-refractivity contribution in [2.24, 2.45) is 5.92 Å². The van der Waals surface area contributed by atoms with Crippen molar-refractivity contribution in [3.05, 3.63) is 35.9 Å². The molecule has 1 aromatic carbocycles. The maximum Gasteiger partial charge on any atom is 0.152 e. The molecule has 0 unspecified atom stereocenters. The standard InChI is InChI=1S/C11H11NO2S/c1-15(13,14)11-9(7-12)10(11)8-5-3-2-4-6-8/h2-6,9-11H,1H3/t9-,10+,11-/m1/s1. The molecule has 15 heavy (non-hydrogen) atoms. The summed E-state index contributed by atoms with van der Waals surface area (Å²) in [6, 6.07) is 11.4. The first-order chi connectivity index (χ1) is 7.05. The van der Waals surface area contributed by atoms with Gasteiger partial charge in [-0.15, -0.1) is 0 Å². The van der Waals surface area contributed by atoms with E-state index in [0.717, 1.165) is 5.56 Å². The molecule has 0 N–H and O–H groups in total. The zero-order valence-electron chi connectivity index (χ0n) is 8.29. The SMILES string of the molecule is CS(=O)(=O)[C@@H]1[C@H](C#N)[C@@H]1c1ccccc1. The van der Waals surface area contributed by atoms with Crippen molar-refractivity contribution in [3.8, 4) is 6.07 Å². The monoisotopic (exact) mass is 221 g/mol. The maximum absolute atomic E-state index is 11.4. The summed E-state index contributed by atoms with van der Waals surface area (Å²) < 4.78 is 22.8. The van der Waals surface area contributed by atoms with Crippen LogP contribution in [0.1, 0.15) is 11.5 Å². The molecule has 2 rings (SSSR count). The average Bonchev–Trinajstić information content (AvgIpc) is 2.92. The fourth-order valence-corrected chi connectivity index (χ4v) is 3.57. The predicted molar refractivity (Wildman–Crippen MR) is 56.9 cm³/mol. The van der Waals surface area contributed by atoms with Crippen molar-refractivity contribution >= 4 is 9.84 Å². The molecule has 3 nitrogen and oxygen atoms in total.